The number of aromatic nitrogens is 5. The van der Waals surface area contributed by atoms with E-state index < -0.39 is 0 Å². The molecule has 0 aliphatic carbocycles. The zero-order valence-electron chi connectivity index (χ0n) is 17.8. The van der Waals surface area contributed by atoms with Gasteiger partial charge in [-0.3, -0.25) is 4.79 Å². The summed E-state index contributed by atoms with van der Waals surface area (Å²) in [5.74, 6) is 1.62. The third-order valence-electron chi connectivity index (χ3n) is 5.40. The van der Waals surface area contributed by atoms with E-state index in [2.05, 4.69) is 30.3 Å². The number of amides is 1. The van der Waals surface area contributed by atoms with Gasteiger partial charge in [0.05, 0.1) is 28.9 Å². The van der Waals surface area contributed by atoms with Gasteiger partial charge in [0.2, 0.25) is 5.91 Å². The smallest absolute Gasteiger partial charge is 0.225 e. The first kappa shape index (κ1) is 20.5. The number of piperidine rings is 1. The lowest BCUT2D eigenvalue weighted by atomic mass is 9.97. The van der Waals surface area contributed by atoms with Crippen LogP contribution in [0.5, 0.6) is 0 Å². The lowest BCUT2D eigenvalue weighted by Gasteiger charge is -2.32. The van der Waals surface area contributed by atoms with Crippen molar-refractivity contribution in [3.8, 4) is 5.82 Å². The van der Waals surface area contributed by atoms with Gasteiger partial charge in [-0.2, -0.15) is 5.10 Å². The van der Waals surface area contributed by atoms with Crippen LogP contribution in [-0.4, -0.2) is 43.7 Å². The molecule has 1 amide bonds. The first-order valence-electron chi connectivity index (χ1n) is 10.2. The van der Waals surface area contributed by atoms with E-state index in [1.54, 1.807) is 17.7 Å². The van der Waals surface area contributed by atoms with Crippen LogP contribution in [0.3, 0.4) is 0 Å². The van der Waals surface area contributed by atoms with Crippen LogP contribution in [0.1, 0.15) is 39.8 Å². The van der Waals surface area contributed by atoms with Crippen molar-refractivity contribution in [1.29, 1.82) is 0 Å². The molecule has 1 N–H and O–H groups in total. The van der Waals surface area contributed by atoms with E-state index >= 15 is 0 Å². The number of carbonyl (C=O) groups is 1. The Balaban J connectivity index is 1.43. The van der Waals surface area contributed by atoms with Crippen molar-refractivity contribution in [1.82, 2.24) is 30.0 Å². The highest BCUT2D eigenvalue weighted by molar-refractivity contribution is 7.11. The Kier molecular flexibility index (Phi) is 5.80. The monoisotopic (exact) mass is 425 g/mol. The molecule has 1 fully saturated rings. The van der Waals surface area contributed by atoms with Crippen LogP contribution in [0, 0.1) is 33.6 Å². The Hall–Kier alpha value is -2.81. The first-order chi connectivity index (χ1) is 14.4. The quantitative estimate of drug-likeness (QED) is 0.676. The summed E-state index contributed by atoms with van der Waals surface area (Å²) in [6, 6.07) is 3.97. The number of nitrogens with zero attached hydrogens (tertiary/aromatic N) is 6. The van der Waals surface area contributed by atoms with Gasteiger partial charge >= 0.3 is 0 Å². The van der Waals surface area contributed by atoms with E-state index in [0.29, 0.717) is 13.1 Å². The van der Waals surface area contributed by atoms with Crippen LogP contribution in [-0.2, 0) is 11.3 Å². The molecule has 30 heavy (non-hydrogen) atoms. The summed E-state index contributed by atoms with van der Waals surface area (Å²) < 4.78 is 1.83. The number of thiazole rings is 1. The highest BCUT2D eigenvalue weighted by atomic mass is 32.1. The number of hydrogen-bond acceptors (Lipinski definition) is 7. The van der Waals surface area contributed by atoms with Gasteiger partial charge < -0.3 is 10.2 Å². The van der Waals surface area contributed by atoms with Gasteiger partial charge in [0, 0.05) is 29.7 Å². The van der Waals surface area contributed by atoms with Gasteiger partial charge in [-0.1, -0.05) is 0 Å². The topological polar surface area (TPSA) is 88.8 Å². The van der Waals surface area contributed by atoms with Crippen LogP contribution in [0.4, 0.5) is 5.82 Å². The van der Waals surface area contributed by atoms with Crippen molar-refractivity contribution in [3.63, 3.8) is 0 Å². The Morgan fingerprint density at radius 1 is 1.20 bits per heavy atom. The molecule has 0 spiro atoms. The molecule has 1 saturated heterocycles. The second-order valence-corrected chi connectivity index (χ2v) is 9.11. The van der Waals surface area contributed by atoms with Crippen molar-refractivity contribution >= 4 is 23.1 Å². The molecule has 4 rings (SSSR count). The third kappa shape index (κ3) is 4.35. The maximum Gasteiger partial charge on any atom is 0.225 e. The maximum absolute atomic E-state index is 12.8. The molecule has 3 aromatic rings. The van der Waals surface area contributed by atoms with Gasteiger partial charge in [0.25, 0.3) is 0 Å². The van der Waals surface area contributed by atoms with Crippen molar-refractivity contribution in [2.75, 3.05) is 18.0 Å². The van der Waals surface area contributed by atoms with E-state index in [0.717, 1.165) is 58.0 Å². The van der Waals surface area contributed by atoms with Crippen molar-refractivity contribution in [2.45, 2.75) is 47.1 Å². The summed E-state index contributed by atoms with van der Waals surface area (Å²) in [5, 5.41) is 8.64. The van der Waals surface area contributed by atoms with E-state index in [9.17, 15) is 4.79 Å². The molecule has 3 aromatic heterocycles. The first-order valence-corrected chi connectivity index (χ1v) is 11.0. The molecule has 0 unspecified atom stereocenters. The highest BCUT2D eigenvalue weighted by Crippen LogP contribution is 2.24. The number of anilines is 1. The fourth-order valence-electron chi connectivity index (χ4n) is 3.94. The van der Waals surface area contributed by atoms with Gasteiger partial charge in [-0.15, -0.1) is 11.3 Å². The van der Waals surface area contributed by atoms with Crippen LogP contribution in [0.15, 0.2) is 18.5 Å². The lowest BCUT2D eigenvalue weighted by Crippen LogP contribution is -2.43. The molecule has 9 heteroatoms. The standard InChI is InChI=1S/C21H27N7OS/c1-13-8-14(2)28(26-13)20-9-19(23-12-24-20)27-7-5-6-17(11-27)21(29)22-10-18-15(3)25-16(4)30-18/h8-9,12,17H,5-7,10-11H2,1-4H3,(H,22,29)/t17-/m0/s1. The summed E-state index contributed by atoms with van der Waals surface area (Å²) in [7, 11) is 0. The van der Waals surface area contributed by atoms with Gasteiger partial charge in [-0.05, 0) is 46.6 Å². The summed E-state index contributed by atoms with van der Waals surface area (Å²) >= 11 is 1.64. The fourth-order valence-corrected chi connectivity index (χ4v) is 4.81. The van der Waals surface area contributed by atoms with Gasteiger partial charge in [0.1, 0.15) is 12.1 Å². The molecule has 8 nitrogen and oxygen atoms in total. The second-order valence-electron chi connectivity index (χ2n) is 7.82. The Morgan fingerprint density at radius 2 is 2.00 bits per heavy atom. The molecule has 0 aromatic carbocycles. The van der Waals surface area contributed by atoms with Crippen LogP contribution in [0.2, 0.25) is 0 Å². The minimum Gasteiger partial charge on any atom is -0.356 e. The van der Waals surface area contributed by atoms with Crippen LogP contribution >= 0.6 is 11.3 Å². The molecular weight excluding hydrogens is 398 g/mol. The molecule has 1 aliphatic heterocycles. The summed E-state index contributed by atoms with van der Waals surface area (Å²) in [6.07, 6.45) is 3.41. The SMILES string of the molecule is Cc1cc(C)n(-c2cc(N3CCC[C@H](C(=O)NCc4sc(C)nc4C)C3)ncn2)n1. The number of nitrogens with one attached hydrogen (secondary N) is 1. The molecule has 0 bridgehead atoms. The van der Waals surface area contributed by atoms with Crippen LogP contribution in [0.25, 0.3) is 5.82 Å². The van der Waals surface area contributed by atoms with E-state index in [-0.39, 0.29) is 11.8 Å². The average molecular weight is 426 g/mol. The van der Waals surface area contributed by atoms with E-state index in [1.165, 1.54) is 0 Å². The Labute approximate surface area is 180 Å². The molecule has 0 radical (unpaired) electrons. The largest absolute Gasteiger partial charge is 0.356 e. The number of hydrogen-bond donors (Lipinski definition) is 1. The fraction of sp³-hybridized carbons (Fsp3) is 0.476. The predicted molar refractivity (Wildman–Crippen MR) is 117 cm³/mol. The molecular formula is C21H27N7OS. The van der Waals surface area contributed by atoms with Crippen LogP contribution < -0.4 is 10.2 Å². The molecule has 0 saturated carbocycles. The van der Waals surface area contributed by atoms with Crippen molar-refractivity contribution in [3.05, 3.63) is 45.4 Å². The summed E-state index contributed by atoms with van der Waals surface area (Å²) in [4.78, 5) is 29.4. The average Bonchev–Trinajstić information content (AvgIpc) is 3.25. The normalized spacial score (nSPS) is 16.7. The highest BCUT2D eigenvalue weighted by Gasteiger charge is 2.27. The van der Waals surface area contributed by atoms with Crippen molar-refractivity contribution in [2.24, 2.45) is 5.92 Å². The number of aryl methyl sites for hydroxylation is 4. The Morgan fingerprint density at radius 3 is 2.70 bits per heavy atom. The summed E-state index contributed by atoms with van der Waals surface area (Å²) in [6.45, 7) is 10.0. The molecule has 4 heterocycles. The summed E-state index contributed by atoms with van der Waals surface area (Å²) in [5.41, 5.74) is 2.98. The second kappa shape index (κ2) is 8.51. The number of rotatable bonds is 5. The van der Waals surface area contributed by atoms with Gasteiger partial charge in [-0.25, -0.2) is 19.6 Å². The molecule has 158 valence electrons. The Bertz CT molecular complexity index is 1060. The molecule has 1 aliphatic rings. The van der Waals surface area contributed by atoms with E-state index in [1.807, 2.05) is 44.5 Å². The van der Waals surface area contributed by atoms with Crippen molar-refractivity contribution < 1.29 is 4.79 Å². The zero-order valence-corrected chi connectivity index (χ0v) is 18.7. The lowest BCUT2D eigenvalue weighted by molar-refractivity contribution is -0.125. The number of carbonyl (C=O) groups excluding carboxylic acids is 1. The van der Waals surface area contributed by atoms with Gasteiger partial charge in [0.15, 0.2) is 5.82 Å². The minimum absolute atomic E-state index is 0.0554. The maximum atomic E-state index is 12.8. The zero-order chi connectivity index (χ0) is 21.3. The predicted octanol–water partition coefficient (Wildman–Crippen LogP) is 2.89. The van der Waals surface area contributed by atoms with E-state index in [4.69, 9.17) is 0 Å². The third-order valence-corrected chi connectivity index (χ3v) is 6.48. The minimum atomic E-state index is -0.0554. The molecule has 1 atom stereocenters.